The molecule has 1 aliphatic heterocycles. The van der Waals surface area contributed by atoms with E-state index in [2.05, 4.69) is 26.5 Å². The third-order valence-corrected chi connectivity index (χ3v) is 3.97. The number of piperidine rings is 1. The van der Waals surface area contributed by atoms with Crippen molar-refractivity contribution in [1.82, 2.24) is 19.4 Å². The summed E-state index contributed by atoms with van der Waals surface area (Å²) in [5, 5.41) is 0. The van der Waals surface area contributed by atoms with E-state index >= 15 is 0 Å². The number of nitrogens with zero attached hydrogens (tertiary/aromatic N) is 4. The smallest absolute Gasteiger partial charge is 0.123 e. The largest absolute Gasteiger partial charge is 0.384 e. The van der Waals surface area contributed by atoms with Gasteiger partial charge in [-0.05, 0) is 44.5 Å². The molecular formula is C15H21N5. The molecule has 0 amide bonds. The topological polar surface area (TPSA) is 60.0 Å². The number of pyridine rings is 1. The highest BCUT2D eigenvalue weighted by molar-refractivity contribution is 5.61. The van der Waals surface area contributed by atoms with Crippen LogP contribution in [-0.4, -0.2) is 39.6 Å². The SMILES string of the molecule is CN1CCCC(Cn2cncc2-c2ccnc(N)c2)C1. The molecule has 0 aromatic carbocycles. The fourth-order valence-corrected chi connectivity index (χ4v) is 3.01. The van der Waals surface area contributed by atoms with Gasteiger partial charge in [-0.15, -0.1) is 0 Å². The highest BCUT2D eigenvalue weighted by Gasteiger charge is 2.18. The molecule has 1 unspecified atom stereocenters. The van der Waals surface area contributed by atoms with E-state index in [4.69, 9.17) is 5.73 Å². The Morgan fingerprint density at radius 2 is 2.35 bits per heavy atom. The lowest BCUT2D eigenvalue weighted by Crippen LogP contribution is -2.34. The first-order valence-electron chi connectivity index (χ1n) is 7.13. The minimum Gasteiger partial charge on any atom is -0.384 e. The first kappa shape index (κ1) is 13.1. The summed E-state index contributed by atoms with van der Waals surface area (Å²) in [6, 6.07) is 3.89. The summed E-state index contributed by atoms with van der Waals surface area (Å²) in [5.41, 5.74) is 7.97. The fraction of sp³-hybridized carbons (Fsp3) is 0.467. The standard InChI is InChI=1S/C15H21N5/c1-19-6-2-3-12(9-19)10-20-11-17-8-14(20)13-4-5-18-15(16)7-13/h4-5,7-8,11-12H,2-3,6,9-10H2,1H3,(H2,16,18). The van der Waals surface area contributed by atoms with E-state index < -0.39 is 0 Å². The maximum Gasteiger partial charge on any atom is 0.123 e. The first-order chi connectivity index (χ1) is 9.72. The van der Waals surface area contributed by atoms with Gasteiger partial charge in [-0.3, -0.25) is 0 Å². The zero-order chi connectivity index (χ0) is 13.9. The Bertz CT molecular complexity index is 577. The van der Waals surface area contributed by atoms with E-state index in [9.17, 15) is 0 Å². The summed E-state index contributed by atoms with van der Waals surface area (Å²) in [4.78, 5) is 10.8. The van der Waals surface area contributed by atoms with Crippen molar-refractivity contribution in [3.8, 4) is 11.3 Å². The molecule has 0 spiro atoms. The number of nitrogen functional groups attached to an aromatic ring is 1. The molecule has 3 heterocycles. The Balaban J connectivity index is 1.80. The lowest BCUT2D eigenvalue weighted by Gasteiger charge is -2.30. The predicted octanol–water partition coefficient (Wildman–Crippen LogP) is 1.87. The van der Waals surface area contributed by atoms with Crippen LogP contribution in [0.3, 0.4) is 0 Å². The summed E-state index contributed by atoms with van der Waals surface area (Å²) in [6.45, 7) is 3.40. The number of aromatic nitrogens is 3. The Labute approximate surface area is 119 Å². The third kappa shape index (κ3) is 2.82. The van der Waals surface area contributed by atoms with Gasteiger partial charge in [0.05, 0.1) is 18.2 Å². The number of rotatable bonds is 3. The van der Waals surface area contributed by atoms with Crippen LogP contribution < -0.4 is 5.73 Å². The van der Waals surface area contributed by atoms with Gasteiger partial charge in [0.2, 0.25) is 0 Å². The summed E-state index contributed by atoms with van der Waals surface area (Å²) in [5.74, 6) is 1.24. The van der Waals surface area contributed by atoms with Crippen molar-refractivity contribution in [2.24, 2.45) is 5.92 Å². The zero-order valence-electron chi connectivity index (χ0n) is 11.9. The highest BCUT2D eigenvalue weighted by Crippen LogP contribution is 2.23. The molecule has 0 bridgehead atoms. The lowest BCUT2D eigenvalue weighted by molar-refractivity contribution is 0.195. The molecule has 0 saturated carbocycles. The van der Waals surface area contributed by atoms with Gasteiger partial charge >= 0.3 is 0 Å². The van der Waals surface area contributed by atoms with Crippen LogP contribution in [-0.2, 0) is 6.54 Å². The van der Waals surface area contributed by atoms with Crippen LogP contribution in [0.25, 0.3) is 11.3 Å². The molecular weight excluding hydrogens is 250 g/mol. The quantitative estimate of drug-likeness (QED) is 0.926. The first-order valence-corrected chi connectivity index (χ1v) is 7.13. The van der Waals surface area contributed by atoms with E-state index in [0.29, 0.717) is 11.7 Å². The fourth-order valence-electron chi connectivity index (χ4n) is 3.01. The van der Waals surface area contributed by atoms with Crippen LogP contribution in [0.2, 0.25) is 0 Å². The number of hydrogen-bond acceptors (Lipinski definition) is 4. The summed E-state index contributed by atoms with van der Waals surface area (Å²) >= 11 is 0. The maximum absolute atomic E-state index is 5.77. The van der Waals surface area contributed by atoms with E-state index in [0.717, 1.165) is 24.3 Å². The van der Waals surface area contributed by atoms with Crippen molar-refractivity contribution < 1.29 is 0 Å². The molecule has 20 heavy (non-hydrogen) atoms. The summed E-state index contributed by atoms with van der Waals surface area (Å²) < 4.78 is 2.23. The Morgan fingerprint density at radius 3 is 3.15 bits per heavy atom. The molecule has 1 aliphatic rings. The molecule has 3 rings (SSSR count). The molecule has 5 nitrogen and oxygen atoms in total. The normalized spacial score (nSPS) is 20.1. The number of anilines is 1. The van der Waals surface area contributed by atoms with E-state index in [-0.39, 0.29) is 0 Å². The van der Waals surface area contributed by atoms with Crippen LogP contribution >= 0.6 is 0 Å². The van der Waals surface area contributed by atoms with Crippen LogP contribution in [0.5, 0.6) is 0 Å². The van der Waals surface area contributed by atoms with Crippen molar-refractivity contribution >= 4 is 5.82 Å². The second-order valence-corrected chi connectivity index (χ2v) is 5.67. The van der Waals surface area contributed by atoms with Crippen LogP contribution in [0.4, 0.5) is 5.82 Å². The molecule has 5 heteroatoms. The average Bonchev–Trinajstić information content (AvgIpc) is 2.87. The third-order valence-electron chi connectivity index (χ3n) is 3.97. The molecule has 1 fully saturated rings. The van der Waals surface area contributed by atoms with Crippen molar-refractivity contribution in [2.45, 2.75) is 19.4 Å². The van der Waals surface area contributed by atoms with Gasteiger partial charge in [0.15, 0.2) is 0 Å². The molecule has 2 N–H and O–H groups in total. The minimum atomic E-state index is 0.549. The molecule has 0 radical (unpaired) electrons. The average molecular weight is 271 g/mol. The second-order valence-electron chi connectivity index (χ2n) is 5.67. The Kier molecular flexibility index (Phi) is 3.69. The monoisotopic (exact) mass is 271 g/mol. The number of hydrogen-bond donors (Lipinski definition) is 1. The highest BCUT2D eigenvalue weighted by atomic mass is 15.1. The second kappa shape index (κ2) is 5.63. The summed E-state index contributed by atoms with van der Waals surface area (Å²) in [6.07, 6.45) is 8.14. The van der Waals surface area contributed by atoms with Crippen LogP contribution in [0, 0.1) is 5.92 Å². The minimum absolute atomic E-state index is 0.549. The van der Waals surface area contributed by atoms with Gasteiger partial charge in [0.1, 0.15) is 5.82 Å². The lowest BCUT2D eigenvalue weighted by atomic mass is 9.98. The summed E-state index contributed by atoms with van der Waals surface area (Å²) in [7, 11) is 2.20. The van der Waals surface area contributed by atoms with Gasteiger partial charge in [-0.1, -0.05) is 0 Å². The predicted molar refractivity (Wildman–Crippen MR) is 80.1 cm³/mol. The van der Waals surface area contributed by atoms with Gasteiger partial charge in [-0.2, -0.15) is 0 Å². The number of likely N-dealkylation sites (tertiary alicyclic amines) is 1. The molecule has 1 saturated heterocycles. The maximum atomic E-state index is 5.77. The Hall–Kier alpha value is -1.88. The van der Waals surface area contributed by atoms with Crippen molar-refractivity contribution in [3.05, 3.63) is 30.9 Å². The van der Waals surface area contributed by atoms with E-state index in [1.165, 1.54) is 19.4 Å². The van der Waals surface area contributed by atoms with Gasteiger partial charge < -0.3 is 15.2 Å². The zero-order valence-corrected chi connectivity index (χ0v) is 11.9. The molecule has 2 aromatic heterocycles. The van der Waals surface area contributed by atoms with Crippen molar-refractivity contribution in [1.29, 1.82) is 0 Å². The van der Waals surface area contributed by atoms with Gasteiger partial charge in [-0.25, -0.2) is 9.97 Å². The van der Waals surface area contributed by atoms with Gasteiger partial charge in [0.25, 0.3) is 0 Å². The van der Waals surface area contributed by atoms with E-state index in [1.54, 1.807) is 6.20 Å². The Morgan fingerprint density at radius 1 is 1.45 bits per heavy atom. The van der Waals surface area contributed by atoms with E-state index in [1.807, 2.05) is 24.7 Å². The molecule has 1 atom stereocenters. The molecule has 2 aromatic rings. The number of imidazole rings is 1. The number of nitrogens with two attached hydrogens (primary N) is 1. The van der Waals surface area contributed by atoms with Gasteiger partial charge in [0, 0.05) is 24.8 Å². The molecule has 106 valence electrons. The molecule has 0 aliphatic carbocycles. The van der Waals surface area contributed by atoms with Crippen molar-refractivity contribution in [3.63, 3.8) is 0 Å². The van der Waals surface area contributed by atoms with Crippen LogP contribution in [0.15, 0.2) is 30.9 Å². The van der Waals surface area contributed by atoms with Crippen molar-refractivity contribution in [2.75, 3.05) is 25.9 Å². The van der Waals surface area contributed by atoms with Crippen LogP contribution in [0.1, 0.15) is 12.8 Å².